The molecular formula is C21H22N4O3S. The lowest BCUT2D eigenvalue weighted by atomic mass is 10.1. The molecule has 1 atom stereocenters. The lowest BCUT2D eigenvalue weighted by Gasteiger charge is -2.26. The van der Waals surface area contributed by atoms with Gasteiger partial charge in [-0.3, -0.25) is 9.59 Å². The Labute approximate surface area is 172 Å². The van der Waals surface area contributed by atoms with Crippen LogP contribution in [0, 0.1) is 0 Å². The normalized spacial score (nSPS) is 15.4. The van der Waals surface area contributed by atoms with Crippen molar-refractivity contribution in [3.05, 3.63) is 64.4 Å². The van der Waals surface area contributed by atoms with E-state index in [-0.39, 0.29) is 17.9 Å². The Bertz CT molecular complexity index is 996. The van der Waals surface area contributed by atoms with Crippen molar-refractivity contribution in [3.8, 4) is 5.75 Å². The second-order valence-electron chi connectivity index (χ2n) is 6.91. The highest BCUT2D eigenvalue weighted by atomic mass is 32.1. The maximum absolute atomic E-state index is 12.8. The molecule has 3 aromatic rings. The number of amides is 2. The van der Waals surface area contributed by atoms with Crippen molar-refractivity contribution in [2.75, 3.05) is 12.4 Å². The van der Waals surface area contributed by atoms with E-state index < -0.39 is 0 Å². The zero-order valence-electron chi connectivity index (χ0n) is 16.1. The quantitative estimate of drug-likeness (QED) is 0.654. The number of ether oxygens (including phenoxy) is 1. The molecule has 2 N–H and O–H groups in total. The molecule has 0 radical (unpaired) electrons. The second kappa shape index (κ2) is 8.48. The van der Waals surface area contributed by atoms with Gasteiger partial charge >= 0.3 is 0 Å². The molecule has 2 amide bonds. The van der Waals surface area contributed by atoms with Crippen LogP contribution in [0.15, 0.2) is 48.0 Å². The van der Waals surface area contributed by atoms with Crippen LogP contribution in [0.1, 0.15) is 27.6 Å². The number of hydrogen-bond acceptors (Lipinski definition) is 5. The molecule has 3 heterocycles. The topological polar surface area (TPSA) is 85.2 Å². The summed E-state index contributed by atoms with van der Waals surface area (Å²) >= 11 is 1.58. The molecular weight excluding hydrogens is 388 g/mol. The average molecular weight is 410 g/mol. The summed E-state index contributed by atoms with van der Waals surface area (Å²) in [6, 6.07) is 11.0. The monoisotopic (exact) mass is 410 g/mol. The molecule has 0 aliphatic carbocycles. The number of imidazole rings is 1. The third kappa shape index (κ3) is 4.48. The Balaban J connectivity index is 1.41. The molecule has 150 valence electrons. The van der Waals surface area contributed by atoms with Gasteiger partial charge in [0.15, 0.2) is 0 Å². The number of anilines is 1. The first-order valence-corrected chi connectivity index (χ1v) is 10.3. The van der Waals surface area contributed by atoms with Gasteiger partial charge in [0.05, 0.1) is 19.7 Å². The number of carbonyl (C=O) groups is 2. The summed E-state index contributed by atoms with van der Waals surface area (Å²) in [4.78, 5) is 30.5. The minimum atomic E-state index is -0.223. The van der Waals surface area contributed by atoms with Crippen molar-refractivity contribution < 1.29 is 14.3 Å². The standard InChI is InChI=1S/C21H22N4O3S/c1-28-16-7-4-14(5-8-16)24-21(27)18-12-22-19-9-6-15(13-25(18)19)23-20(26)11-17-3-2-10-29-17/h2-5,7-8,10,12,15H,6,9,11,13H2,1H3,(H,23,26)(H,24,27)/t15-/m0/s1. The van der Waals surface area contributed by atoms with Gasteiger partial charge in [-0.15, -0.1) is 11.3 Å². The van der Waals surface area contributed by atoms with E-state index in [0.29, 0.717) is 24.3 Å². The van der Waals surface area contributed by atoms with Crippen LogP contribution in [0.4, 0.5) is 5.69 Å². The highest BCUT2D eigenvalue weighted by Gasteiger charge is 2.25. The van der Waals surface area contributed by atoms with Crippen molar-refractivity contribution >= 4 is 28.8 Å². The van der Waals surface area contributed by atoms with Crippen LogP contribution in [0.25, 0.3) is 0 Å². The summed E-state index contributed by atoms with van der Waals surface area (Å²) in [5.41, 5.74) is 1.18. The number of benzene rings is 1. The first-order valence-electron chi connectivity index (χ1n) is 9.44. The van der Waals surface area contributed by atoms with Gasteiger partial charge in [0.2, 0.25) is 5.91 Å². The molecule has 0 bridgehead atoms. The second-order valence-corrected chi connectivity index (χ2v) is 7.94. The van der Waals surface area contributed by atoms with Crippen LogP contribution >= 0.6 is 11.3 Å². The van der Waals surface area contributed by atoms with Gasteiger partial charge in [0.25, 0.3) is 5.91 Å². The van der Waals surface area contributed by atoms with E-state index in [9.17, 15) is 9.59 Å². The van der Waals surface area contributed by atoms with Crippen molar-refractivity contribution in [3.63, 3.8) is 0 Å². The SMILES string of the molecule is COc1ccc(NC(=O)c2cnc3n2C[C@@H](NC(=O)Cc2cccs2)CC3)cc1. The highest BCUT2D eigenvalue weighted by Crippen LogP contribution is 2.20. The molecule has 0 spiro atoms. The van der Waals surface area contributed by atoms with Crippen LogP contribution in [0.2, 0.25) is 0 Å². The smallest absolute Gasteiger partial charge is 0.273 e. The van der Waals surface area contributed by atoms with Crippen molar-refractivity contribution in [2.24, 2.45) is 0 Å². The number of methoxy groups -OCH3 is 1. The van der Waals surface area contributed by atoms with Crippen molar-refractivity contribution in [2.45, 2.75) is 31.8 Å². The van der Waals surface area contributed by atoms with Crippen LogP contribution in [-0.4, -0.2) is 34.5 Å². The van der Waals surface area contributed by atoms with Crippen LogP contribution in [-0.2, 0) is 24.2 Å². The molecule has 4 rings (SSSR count). The number of nitrogens with zero attached hydrogens (tertiary/aromatic N) is 2. The third-order valence-corrected chi connectivity index (χ3v) is 5.79. The van der Waals surface area contributed by atoms with E-state index in [4.69, 9.17) is 4.74 Å². The molecule has 1 aliphatic rings. The number of aromatic nitrogens is 2. The van der Waals surface area contributed by atoms with Crippen molar-refractivity contribution in [1.82, 2.24) is 14.9 Å². The summed E-state index contributed by atoms with van der Waals surface area (Å²) < 4.78 is 7.04. The Hall–Kier alpha value is -3.13. The summed E-state index contributed by atoms with van der Waals surface area (Å²) in [6.45, 7) is 0.539. The Kier molecular flexibility index (Phi) is 5.62. The molecule has 1 aromatic carbocycles. The van der Waals surface area contributed by atoms with E-state index in [1.807, 2.05) is 22.1 Å². The zero-order valence-corrected chi connectivity index (χ0v) is 16.9. The fraction of sp³-hybridized carbons (Fsp3) is 0.286. The Morgan fingerprint density at radius 1 is 1.28 bits per heavy atom. The number of fused-ring (bicyclic) bond motifs is 1. The van der Waals surface area contributed by atoms with Crippen LogP contribution in [0.3, 0.4) is 0 Å². The number of nitrogens with one attached hydrogen (secondary N) is 2. The predicted octanol–water partition coefficient (Wildman–Crippen LogP) is 2.88. The van der Waals surface area contributed by atoms with Crippen LogP contribution < -0.4 is 15.4 Å². The van der Waals surface area contributed by atoms with Gasteiger partial charge in [0.1, 0.15) is 17.3 Å². The van der Waals surface area contributed by atoms with E-state index in [2.05, 4.69) is 15.6 Å². The number of thiophene rings is 1. The number of carbonyl (C=O) groups excluding carboxylic acids is 2. The van der Waals surface area contributed by atoms with Gasteiger partial charge in [-0.25, -0.2) is 4.98 Å². The largest absolute Gasteiger partial charge is 0.497 e. The summed E-state index contributed by atoms with van der Waals surface area (Å²) in [5.74, 6) is 1.38. The maximum atomic E-state index is 12.8. The molecule has 0 unspecified atom stereocenters. The molecule has 0 fully saturated rings. The van der Waals surface area contributed by atoms with E-state index >= 15 is 0 Å². The average Bonchev–Trinajstić information content (AvgIpc) is 3.38. The minimum Gasteiger partial charge on any atom is -0.497 e. The van der Waals surface area contributed by atoms with Gasteiger partial charge in [-0.2, -0.15) is 0 Å². The lowest BCUT2D eigenvalue weighted by Crippen LogP contribution is -2.42. The molecule has 0 saturated heterocycles. The summed E-state index contributed by atoms with van der Waals surface area (Å²) in [6.07, 6.45) is 3.52. The van der Waals surface area contributed by atoms with Crippen LogP contribution in [0.5, 0.6) is 5.75 Å². The predicted molar refractivity (Wildman–Crippen MR) is 111 cm³/mol. The van der Waals surface area contributed by atoms with E-state index in [1.54, 1.807) is 48.9 Å². The Morgan fingerprint density at radius 2 is 2.10 bits per heavy atom. The first kappa shape index (κ1) is 19.2. The molecule has 8 heteroatoms. The highest BCUT2D eigenvalue weighted by molar-refractivity contribution is 7.10. The molecule has 1 aliphatic heterocycles. The molecule has 7 nitrogen and oxygen atoms in total. The van der Waals surface area contributed by atoms with Gasteiger partial charge in [-0.1, -0.05) is 6.07 Å². The fourth-order valence-electron chi connectivity index (χ4n) is 3.45. The lowest BCUT2D eigenvalue weighted by molar-refractivity contribution is -0.121. The third-order valence-electron chi connectivity index (χ3n) is 4.92. The first-order chi connectivity index (χ1) is 14.1. The van der Waals surface area contributed by atoms with E-state index in [1.165, 1.54) is 0 Å². The summed E-state index contributed by atoms with van der Waals surface area (Å²) in [7, 11) is 1.60. The zero-order chi connectivity index (χ0) is 20.2. The number of rotatable bonds is 6. The number of hydrogen-bond donors (Lipinski definition) is 2. The number of aryl methyl sites for hydroxylation is 1. The molecule has 2 aromatic heterocycles. The molecule has 0 saturated carbocycles. The van der Waals surface area contributed by atoms with Crippen molar-refractivity contribution in [1.29, 1.82) is 0 Å². The van der Waals surface area contributed by atoms with E-state index in [0.717, 1.165) is 29.3 Å². The minimum absolute atomic E-state index is 0.00486. The summed E-state index contributed by atoms with van der Waals surface area (Å²) in [5, 5.41) is 7.95. The van der Waals surface area contributed by atoms with Gasteiger partial charge in [0, 0.05) is 29.6 Å². The maximum Gasteiger partial charge on any atom is 0.273 e. The molecule has 29 heavy (non-hydrogen) atoms. The fourth-order valence-corrected chi connectivity index (χ4v) is 4.15. The Morgan fingerprint density at radius 3 is 2.83 bits per heavy atom. The van der Waals surface area contributed by atoms with Gasteiger partial charge in [-0.05, 0) is 42.1 Å². The van der Waals surface area contributed by atoms with Gasteiger partial charge < -0.3 is 19.9 Å².